The summed E-state index contributed by atoms with van der Waals surface area (Å²) < 4.78 is 0. The van der Waals surface area contributed by atoms with Crippen molar-refractivity contribution in [1.82, 2.24) is 0 Å². The van der Waals surface area contributed by atoms with Gasteiger partial charge in [-0.1, -0.05) is 13.8 Å². The second-order valence-corrected chi connectivity index (χ2v) is 5.45. The smallest absolute Gasteiger partial charge is 0.0680 e. The Balaban J connectivity index is 3.82. The summed E-state index contributed by atoms with van der Waals surface area (Å²) in [5.41, 5.74) is 0. The van der Waals surface area contributed by atoms with Crippen molar-refractivity contribution in [3.05, 3.63) is 0 Å². The molecular weight excluding hydrogens is 240 g/mol. The Hall–Kier alpha value is 0.190. The lowest BCUT2D eigenvalue weighted by Gasteiger charge is -2.22. The van der Waals surface area contributed by atoms with Gasteiger partial charge in [0.05, 0.1) is 12.2 Å². The first-order valence-electron chi connectivity index (χ1n) is 6.26. The van der Waals surface area contributed by atoms with E-state index < -0.39 is 12.2 Å². The van der Waals surface area contributed by atoms with Crippen LogP contribution < -0.4 is 0 Å². The molecule has 0 heterocycles. The summed E-state index contributed by atoms with van der Waals surface area (Å²) in [6.45, 7) is 3.86. The van der Waals surface area contributed by atoms with Crippen LogP contribution >= 0.6 is 11.8 Å². The molecule has 104 valence electrons. The maximum atomic E-state index is 9.76. The molecule has 0 rings (SSSR count). The number of hydrogen-bond donors (Lipinski definition) is 4. The van der Waals surface area contributed by atoms with E-state index >= 15 is 0 Å². The zero-order valence-electron chi connectivity index (χ0n) is 10.7. The Morgan fingerprint density at radius 3 is 1.41 bits per heavy atom. The molecule has 0 radical (unpaired) electrons. The van der Waals surface area contributed by atoms with Crippen molar-refractivity contribution in [2.24, 2.45) is 11.8 Å². The zero-order chi connectivity index (χ0) is 13.3. The highest BCUT2D eigenvalue weighted by Gasteiger charge is 2.19. The largest absolute Gasteiger partial charge is 0.396 e. The van der Waals surface area contributed by atoms with Crippen molar-refractivity contribution in [2.45, 2.75) is 38.9 Å². The maximum Gasteiger partial charge on any atom is 0.0680 e. The number of aliphatic hydroxyl groups excluding tert-OH is 4. The van der Waals surface area contributed by atoms with Crippen LogP contribution in [0.2, 0.25) is 0 Å². The van der Waals surface area contributed by atoms with Gasteiger partial charge in [0.1, 0.15) is 0 Å². The molecule has 0 saturated heterocycles. The van der Waals surface area contributed by atoms with Crippen molar-refractivity contribution in [3.8, 4) is 0 Å². The molecule has 0 spiro atoms. The summed E-state index contributed by atoms with van der Waals surface area (Å²) in [6, 6.07) is 0. The maximum absolute atomic E-state index is 9.76. The van der Waals surface area contributed by atoms with Crippen molar-refractivity contribution in [2.75, 3.05) is 24.7 Å². The van der Waals surface area contributed by atoms with Crippen molar-refractivity contribution < 1.29 is 20.4 Å². The predicted octanol–water partition coefficient (Wildman–Crippen LogP) is 0.478. The van der Waals surface area contributed by atoms with Crippen LogP contribution in [0, 0.1) is 11.8 Å². The Bertz CT molecular complexity index is 154. The van der Waals surface area contributed by atoms with E-state index in [0.29, 0.717) is 11.5 Å². The quantitative estimate of drug-likeness (QED) is 0.462. The molecule has 0 aliphatic heterocycles. The van der Waals surface area contributed by atoms with Gasteiger partial charge < -0.3 is 20.4 Å². The van der Waals surface area contributed by atoms with E-state index in [-0.39, 0.29) is 25.0 Å². The van der Waals surface area contributed by atoms with E-state index in [0.717, 1.165) is 12.8 Å². The average Bonchev–Trinajstić information content (AvgIpc) is 2.32. The normalized spacial score (nSPS) is 18.7. The van der Waals surface area contributed by atoms with E-state index in [9.17, 15) is 10.2 Å². The van der Waals surface area contributed by atoms with Crippen LogP contribution in [-0.4, -0.2) is 57.4 Å². The molecule has 0 aromatic carbocycles. The second kappa shape index (κ2) is 10.1. The summed E-state index contributed by atoms with van der Waals surface area (Å²) in [4.78, 5) is 0. The number of aliphatic hydroxyl groups is 4. The first-order valence-corrected chi connectivity index (χ1v) is 7.41. The van der Waals surface area contributed by atoms with Crippen LogP contribution in [0.5, 0.6) is 0 Å². The fraction of sp³-hybridized carbons (Fsp3) is 1.00. The summed E-state index contributed by atoms with van der Waals surface area (Å²) in [7, 11) is 0. The van der Waals surface area contributed by atoms with Gasteiger partial charge in [0, 0.05) is 36.6 Å². The molecule has 4 unspecified atom stereocenters. The second-order valence-electron chi connectivity index (χ2n) is 4.37. The molecule has 0 aliphatic rings. The minimum Gasteiger partial charge on any atom is -0.396 e. The fourth-order valence-corrected chi connectivity index (χ4v) is 2.79. The summed E-state index contributed by atoms with van der Waals surface area (Å²) in [6.07, 6.45) is 0.428. The highest BCUT2D eigenvalue weighted by molar-refractivity contribution is 7.99. The molecule has 4 atom stereocenters. The zero-order valence-corrected chi connectivity index (χ0v) is 11.6. The average molecular weight is 266 g/mol. The van der Waals surface area contributed by atoms with Crippen LogP contribution in [-0.2, 0) is 0 Å². The van der Waals surface area contributed by atoms with E-state index in [1.807, 2.05) is 13.8 Å². The van der Waals surface area contributed by atoms with E-state index in [1.165, 1.54) is 11.8 Å². The molecule has 0 aliphatic carbocycles. The van der Waals surface area contributed by atoms with E-state index in [2.05, 4.69) is 0 Å². The van der Waals surface area contributed by atoms with Crippen LogP contribution in [0.1, 0.15) is 26.7 Å². The van der Waals surface area contributed by atoms with Gasteiger partial charge in [0.25, 0.3) is 0 Å². The van der Waals surface area contributed by atoms with Crippen molar-refractivity contribution in [3.63, 3.8) is 0 Å². The molecule has 0 fully saturated rings. The minimum atomic E-state index is -0.531. The molecule has 4 N–H and O–H groups in total. The van der Waals surface area contributed by atoms with Crippen LogP contribution in [0.3, 0.4) is 0 Å². The van der Waals surface area contributed by atoms with Crippen molar-refractivity contribution >= 4 is 11.8 Å². The third-order valence-electron chi connectivity index (χ3n) is 3.18. The summed E-state index contributed by atoms with van der Waals surface area (Å²) >= 11 is 1.47. The molecule has 17 heavy (non-hydrogen) atoms. The molecule has 0 aromatic rings. The van der Waals surface area contributed by atoms with E-state index in [4.69, 9.17) is 10.2 Å². The molecule has 0 saturated carbocycles. The van der Waals surface area contributed by atoms with Gasteiger partial charge in [0.2, 0.25) is 0 Å². The Labute approximate surface area is 108 Å². The molecule has 0 amide bonds. The van der Waals surface area contributed by atoms with Crippen molar-refractivity contribution in [1.29, 1.82) is 0 Å². The van der Waals surface area contributed by atoms with Gasteiger partial charge in [0.15, 0.2) is 0 Å². The van der Waals surface area contributed by atoms with Crippen LogP contribution in [0.4, 0.5) is 0 Å². The van der Waals surface area contributed by atoms with Gasteiger partial charge in [-0.2, -0.15) is 11.8 Å². The van der Waals surface area contributed by atoms with Gasteiger partial charge in [-0.15, -0.1) is 0 Å². The standard InChI is InChI=1S/C12H26O4S/c1-3-9(5-13)11(15)7-17-8-12(16)10(4-2)6-14/h9-16H,3-8H2,1-2H3. The summed E-state index contributed by atoms with van der Waals surface area (Å²) in [5, 5.41) is 37.6. The lowest BCUT2D eigenvalue weighted by atomic mass is 10.0. The first-order chi connectivity index (χ1) is 8.10. The minimum absolute atomic E-state index is 0.00496. The van der Waals surface area contributed by atoms with Gasteiger partial charge in [-0.3, -0.25) is 0 Å². The lowest BCUT2D eigenvalue weighted by molar-refractivity contribution is 0.0786. The molecule has 5 heteroatoms. The Kier molecular flexibility index (Phi) is 10.3. The highest BCUT2D eigenvalue weighted by Crippen LogP contribution is 2.17. The van der Waals surface area contributed by atoms with Gasteiger partial charge in [-0.25, -0.2) is 0 Å². The predicted molar refractivity (Wildman–Crippen MR) is 71.1 cm³/mol. The lowest BCUT2D eigenvalue weighted by Crippen LogP contribution is -2.28. The number of rotatable bonds is 10. The highest BCUT2D eigenvalue weighted by atomic mass is 32.2. The number of thioether (sulfide) groups is 1. The molecule has 4 nitrogen and oxygen atoms in total. The van der Waals surface area contributed by atoms with Gasteiger partial charge >= 0.3 is 0 Å². The third-order valence-corrected chi connectivity index (χ3v) is 4.34. The van der Waals surface area contributed by atoms with Gasteiger partial charge in [-0.05, 0) is 12.8 Å². The summed E-state index contributed by atoms with van der Waals surface area (Å²) in [5.74, 6) is 0.856. The van der Waals surface area contributed by atoms with Crippen LogP contribution in [0.25, 0.3) is 0 Å². The third kappa shape index (κ3) is 6.62. The monoisotopic (exact) mass is 266 g/mol. The molecular formula is C12H26O4S. The SMILES string of the molecule is CCC(CO)C(O)CSCC(O)C(CC)CO. The Morgan fingerprint density at radius 2 is 1.18 bits per heavy atom. The first kappa shape index (κ1) is 17.2. The Morgan fingerprint density at radius 1 is 0.824 bits per heavy atom. The topological polar surface area (TPSA) is 80.9 Å². The van der Waals surface area contributed by atoms with Crippen LogP contribution in [0.15, 0.2) is 0 Å². The fourth-order valence-electron chi connectivity index (χ4n) is 1.63. The number of hydrogen-bond acceptors (Lipinski definition) is 5. The molecule has 0 bridgehead atoms. The van der Waals surface area contributed by atoms with E-state index in [1.54, 1.807) is 0 Å². The molecule has 0 aromatic heterocycles.